The van der Waals surface area contributed by atoms with E-state index in [0.29, 0.717) is 0 Å². The quantitative estimate of drug-likeness (QED) is 0.786. The number of hydrogen-bond donors (Lipinski definition) is 1. The molecule has 1 N–H and O–H groups in total. The second-order valence-corrected chi connectivity index (χ2v) is 6.33. The molecule has 0 aliphatic carbocycles. The minimum Gasteiger partial charge on any atom is -0.310 e. The number of rotatable bonds is 5. The average molecular weight is 287 g/mol. The summed E-state index contributed by atoms with van der Waals surface area (Å²) in [5, 5.41) is 3.35. The molecular formula is C16H24F3N. The summed E-state index contributed by atoms with van der Waals surface area (Å²) < 4.78 is 37.7. The van der Waals surface area contributed by atoms with Crippen LogP contribution in [0.3, 0.4) is 0 Å². The van der Waals surface area contributed by atoms with E-state index >= 15 is 0 Å². The van der Waals surface area contributed by atoms with Gasteiger partial charge in [0.2, 0.25) is 0 Å². The van der Waals surface area contributed by atoms with E-state index in [9.17, 15) is 13.2 Å². The Kier molecular flexibility index (Phi) is 5.63. The van der Waals surface area contributed by atoms with E-state index in [2.05, 4.69) is 26.1 Å². The smallest absolute Gasteiger partial charge is 0.310 e. The van der Waals surface area contributed by atoms with Gasteiger partial charge in [-0.15, -0.1) is 0 Å². The van der Waals surface area contributed by atoms with Gasteiger partial charge in [-0.25, -0.2) is 0 Å². The summed E-state index contributed by atoms with van der Waals surface area (Å²) in [5.41, 5.74) is 0.552. The lowest BCUT2D eigenvalue weighted by Crippen LogP contribution is -2.22. The van der Waals surface area contributed by atoms with Crippen molar-refractivity contribution in [1.29, 1.82) is 0 Å². The van der Waals surface area contributed by atoms with Crippen LogP contribution >= 0.6 is 0 Å². The molecule has 0 saturated heterocycles. The monoisotopic (exact) mass is 287 g/mol. The van der Waals surface area contributed by atoms with Crippen LogP contribution in [-0.4, -0.2) is 6.54 Å². The first kappa shape index (κ1) is 17.0. The number of benzene rings is 1. The van der Waals surface area contributed by atoms with Crippen LogP contribution < -0.4 is 5.32 Å². The van der Waals surface area contributed by atoms with E-state index in [1.807, 2.05) is 6.92 Å². The Hall–Kier alpha value is -1.03. The molecule has 0 radical (unpaired) electrons. The van der Waals surface area contributed by atoms with Crippen LogP contribution in [0.4, 0.5) is 13.2 Å². The van der Waals surface area contributed by atoms with Crippen LogP contribution in [0, 0.1) is 5.41 Å². The van der Waals surface area contributed by atoms with E-state index < -0.39 is 11.7 Å². The molecular weight excluding hydrogens is 263 g/mol. The topological polar surface area (TPSA) is 12.0 Å². The molecule has 114 valence electrons. The van der Waals surface area contributed by atoms with Crippen LogP contribution in [0.25, 0.3) is 0 Å². The number of halogens is 3. The van der Waals surface area contributed by atoms with Gasteiger partial charge in [0, 0.05) is 6.04 Å². The maximum Gasteiger partial charge on any atom is 0.416 e. The maximum absolute atomic E-state index is 12.6. The normalized spacial score (nSPS) is 14.3. The van der Waals surface area contributed by atoms with Gasteiger partial charge in [-0.1, -0.05) is 39.8 Å². The number of hydrogen-bond acceptors (Lipinski definition) is 1. The lowest BCUT2D eigenvalue weighted by atomic mass is 9.87. The molecule has 1 aromatic rings. The Morgan fingerprint density at radius 3 is 2.00 bits per heavy atom. The summed E-state index contributed by atoms with van der Waals surface area (Å²) in [6.45, 7) is 9.32. The van der Waals surface area contributed by atoms with Crippen LogP contribution in [0.2, 0.25) is 0 Å². The second kappa shape index (κ2) is 6.61. The molecule has 0 heterocycles. The highest BCUT2D eigenvalue weighted by Gasteiger charge is 2.30. The zero-order valence-corrected chi connectivity index (χ0v) is 12.6. The van der Waals surface area contributed by atoms with Crippen molar-refractivity contribution in [2.24, 2.45) is 5.41 Å². The van der Waals surface area contributed by atoms with E-state index in [1.54, 1.807) is 12.1 Å². The second-order valence-electron chi connectivity index (χ2n) is 6.33. The minimum absolute atomic E-state index is 0.113. The summed E-state index contributed by atoms with van der Waals surface area (Å²) in [4.78, 5) is 0. The van der Waals surface area contributed by atoms with E-state index in [0.717, 1.165) is 37.1 Å². The summed E-state index contributed by atoms with van der Waals surface area (Å²) in [5.74, 6) is 0. The third-order valence-electron chi connectivity index (χ3n) is 3.27. The summed E-state index contributed by atoms with van der Waals surface area (Å²) in [6.07, 6.45) is -2.33. The molecule has 1 rings (SSSR count). The predicted molar refractivity (Wildman–Crippen MR) is 76.6 cm³/mol. The first-order chi connectivity index (χ1) is 9.13. The Morgan fingerprint density at radius 1 is 1.05 bits per heavy atom. The predicted octanol–water partition coefficient (Wildman–Crippen LogP) is 5.18. The Balaban J connectivity index is 2.81. The van der Waals surface area contributed by atoms with Crippen molar-refractivity contribution < 1.29 is 13.2 Å². The van der Waals surface area contributed by atoms with E-state index in [-0.39, 0.29) is 11.5 Å². The maximum atomic E-state index is 12.6. The highest BCUT2D eigenvalue weighted by Crippen LogP contribution is 2.31. The van der Waals surface area contributed by atoms with Crippen molar-refractivity contribution in [3.63, 3.8) is 0 Å². The zero-order valence-electron chi connectivity index (χ0n) is 12.6. The summed E-state index contributed by atoms with van der Waals surface area (Å²) >= 11 is 0. The van der Waals surface area contributed by atoms with Crippen molar-refractivity contribution >= 4 is 0 Å². The number of alkyl halides is 3. The molecule has 4 heteroatoms. The average Bonchev–Trinajstić information content (AvgIpc) is 2.32. The number of nitrogens with one attached hydrogen (secondary N) is 1. The summed E-state index contributed by atoms with van der Waals surface area (Å²) in [7, 11) is 0. The van der Waals surface area contributed by atoms with Gasteiger partial charge in [0.15, 0.2) is 0 Å². The third kappa shape index (κ3) is 5.53. The van der Waals surface area contributed by atoms with Gasteiger partial charge in [-0.2, -0.15) is 13.2 Å². The van der Waals surface area contributed by atoms with Crippen LogP contribution in [0.5, 0.6) is 0 Å². The highest BCUT2D eigenvalue weighted by molar-refractivity contribution is 5.26. The van der Waals surface area contributed by atoms with E-state index in [1.165, 1.54) is 0 Å². The van der Waals surface area contributed by atoms with Gasteiger partial charge in [-0.05, 0) is 42.5 Å². The molecule has 0 aromatic heterocycles. The van der Waals surface area contributed by atoms with Crippen molar-refractivity contribution in [2.75, 3.05) is 6.54 Å². The standard InChI is InChI=1S/C16H24F3N/c1-5-20-14(10-11-15(2,3)4)12-6-8-13(9-7-12)16(17,18)19/h6-9,14,20H,5,10-11H2,1-4H3. The fourth-order valence-electron chi connectivity index (χ4n) is 2.11. The van der Waals surface area contributed by atoms with Gasteiger partial charge >= 0.3 is 6.18 Å². The van der Waals surface area contributed by atoms with Crippen LogP contribution in [0.15, 0.2) is 24.3 Å². The molecule has 0 saturated carbocycles. The molecule has 0 amide bonds. The van der Waals surface area contributed by atoms with Gasteiger partial charge in [0.05, 0.1) is 5.56 Å². The molecule has 1 aromatic carbocycles. The fourth-order valence-corrected chi connectivity index (χ4v) is 2.11. The molecule has 0 aliphatic heterocycles. The van der Waals surface area contributed by atoms with Crippen molar-refractivity contribution in [2.45, 2.75) is 52.8 Å². The van der Waals surface area contributed by atoms with Crippen molar-refractivity contribution in [3.05, 3.63) is 35.4 Å². The zero-order chi connectivity index (χ0) is 15.4. The molecule has 1 unspecified atom stereocenters. The van der Waals surface area contributed by atoms with Gasteiger partial charge in [0.1, 0.15) is 0 Å². The molecule has 0 bridgehead atoms. The third-order valence-corrected chi connectivity index (χ3v) is 3.27. The van der Waals surface area contributed by atoms with E-state index in [4.69, 9.17) is 0 Å². The Labute approximate surface area is 119 Å². The van der Waals surface area contributed by atoms with Gasteiger partial charge in [-0.3, -0.25) is 0 Å². The summed E-state index contributed by atoms with van der Waals surface area (Å²) in [6, 6.07) is 5.60. The van der Waals surface area contributed by atoms with Gasteiger partial charge in [0.25, 0.3) is 0 Å². The van der Waals surface area contributed by atoms with Gasteiger partial charge < -0.3 is 5.32 Å². The Bertz CT molecular complexity index is 401. The molecule has 1 atom stereocenters. The largest absolute Gasteiger partial charge is 0.416 e. The molecule has 0 fully saturated rings. The highest BCUT2D eigenvalue weighted by atomic mass is 19.4. The molecule has 1 nitrogen and oxygen atoms in total. The minimum atomic E-state index is -4.27. The lowest BCUT2D eigenvalue weighted by Gasteiger charge is -2.24. The molecule has 0 spiro atoms. The van der Waals surface area contributed by atoms with Crippen LogP contribution in [0.1, 0.15) is 57.7 Å². The van der Waals surface area contributed by atoms with Crippen molar-refractivity contribution in [1.82, 2.24) is 5.32 Å². The molecule has 20 heavy (non-hydrogen) atoms. The lowest BCUT2D eigenvalue weighted by molar-refractivity contribution is -0.137. The Morgan fingerprint density at radius 2 is 1.60 bits per heavy atom. The first-order valence-corrected chi connectivity index (χ1v) is 7.04. The van der Waals surface area contributed by atoms with Crippen LogP contribution in [-0.2, 0) is 6.18 Å². The van der Waals surface area contributed by atoms with Crippen molar-refractivity contribution in [3.8, 4) is 0 Å². The molecule has 0 aliphatic rings. The SMILES string of the molecule is CCNC(CCC(C)(C)C)c1ccc(C(F)(F)F)cc1. The first-order valence-electron chi connectivity index (χ1n) is 7.04. The fraction of sp³-hybridized carbons (Fsp3) is 0.625.